The molecular weight excluding hydrogens is 318 g/mol. The Kier molecular flexibility index (Phi) is 4.72. The quantitative estimate of drug-likeness (QED) is 0.889. The SMILES string of the molecule is CC(C)C1OCCC1C(=O)Nc1ccccc1-n1ncc(C#N)c1N. The Morgan fingerprint density at radius 2 is 2.24 bits per heavy atom. The molecule has 3 rings (SSSR count). The van der Waals surface area contributed by atoms with E-state index in [-0.39, 0.29) is 29.7 Å². The van der Waals surface area contributed by atoms with Crippen LogP contribution >= 0.6 is 0 Å². The van der Waals surface area contributed by atoms with E-state index in [1.807, 2.05) is 18.2 Å². The number of ether oxygens (including phenoxy) is 1. The molecule has 1 saturated heterocycles. The number of hydrogen-bond donors (Lipinski definition) is 2. The minimum Gasteiger partial charge on any atom is -0.382 e. The van der Waals surface area contributed by atoms with E-state index in [1.54, 1.807) is 12.1 Å². The summed E-state index contributed by atoms with van der Waals surface area (Å²) >= 11 is 0. The van der Waals surface area contributed by atoms with Gasteiger partial charge in [0.1, 0.15) is 17.5 Å². The molecule has 2 unspecified atom stereocenters. The highest BCUT2D eigenvalue weighted by Crippen LogP contribution is 2.29. The molecule has 1 aliphatic rings. The molecular formula is C18H21N5O2. The van der Waals surface area contributed by atoms with Gasteiger partial charge in [-0.05, 0) is 24.5 Å². The number of nitrogen functional groups attached to an aromatic ring is 1. The lowest BCUT2D eigenvalue weighted by molar-refractivity contribution is -0.122. The maximum Gasteiger partial charge on any atom is 0.230 e. The first kappa shape index (κ1) is 17.0. The fraction of sp³-hybridized carbons (Fsp3) is 0.389. The van der Waals surface area contributed by atoms with Crippen LogP contribution in [0.4, 0.5) is 11.5 Å². The van der Waals surface area contributed by atoms with Gasteiger partial charge in [-0.1, -0.05) is 26.0 Å². The second-order valence-electron chi connectivity index (χ2n) is 6.45. The van der Waals surface area contributed by atoms with Gasteiger partial charge in [0.15, 0.2) is 0 Å². The molecule has 2 heterocycles. The van der Waals surface area contributed by atoms with Crippen LogP contribution in [-0.2, 0) is 9.53 Å². The van der Waals surface area contributed by atoms with E-state index >= 15 is 0 Å². The summed E-state index contributed by atoms with van der Waals surface area (Å²) in [5.41, 5.74) is 7.49. The Hall–Kier alpha value is -2.85. The molecule has 7 heteroatoms. The van der Waals surface area contributed by atoms with Crippen LogP contribution in [0, 0.1) is 23.2 Å². The molecule has 0 spiro atoms. The number of nitrogens with one attached hydrogen (secondary N) is 1. The third-order valence-corrected chi connectivity index (χ3v) is 4.45. The highest BCUT2D eigenvalue weighted by molar-refractivity contribution is 5.95. The number of carbonyl (C=O) groups is 1. The zero-order valence-corrected chi connectivity index (χ0v) is 14.3. The van der Waals surface area contributed by atoms with Crippen molar-refractivity contribution in [3.05, 3.63) is 36.0 Å². The second kappa shape index (κ2) is 6.95. The molecule has 7 nitrogen and oxygen atoms in total. The molecule has 1 aromatic heterocycles. The van der Waals surface area contributed by atoms with Gasteiger partial charge in [-0.15, -0.1) is 0 Å². The normalized spacial score (nSPS) is 19.8. The topological polar surface area (TPSA) is 106 Å². The first-order valence-corrected chi connectivity index (χ1v) is 8.28. The number of carbonyl (C=O) groups excluding carboxylic acids is 1. The Bertz CT molecular complexity index is 821. The molecule has 0 aliphatic carbocycles. The molecule has 1 amide bonds. The fourth-order valence-electron chi connectivity index (χ4n) is 3.17. The number of nitrogens with two attached hydrogens (primary N) is 1. The van der Waals surface area contributed by atoms with Gasteiger partial charge in [0.25, 0.3) is 0 Å². The van der Waals surface area contributed by atoms with Crippen LogP contribution in [0.1, 0.15) is 25.8 Å². The summed E-state index contributed by atoms with van der Waals surface area (Å²) in [7, 11) is 0. The van der Waals surface area contributed by atoms with E-state index in [0.717, 1.165) is 0 Å². The van der Waals surface area contributed by atoms with Crippen LogP contribution < -0.4 is 11.1 Å². The lowest BCUT2D eigenvalue weighted by Gasteiger charge is -2.22. The third kappa shape index (κ3) is 3.21. The number of nitrogens with zero attached hydrogens (tertiary/aromatic N) is 3. The Morgan fingerprint density at radius 3 is 2.92 bits per heavy atom. The monoisotopic (exact) mass is 339 g/mol. The maximum absolute atomic E-state index is 12.8. The summed E-state index contributed by atoms with van der Waals surface area (Å²) < 4.78 is 7.16. The van der Waals surface area contributed by atoms with E-state index < -0.39 is 0 Å². The number of hydrogen-bond acceptors (Lipinski definition) is 5. The van der Waals surface area contributed by atoms with Gasteiger partial charge in [0.05, 0.1) is 29.6 Å². The van der Waals surface area contributed by atoms with Crippen molar-refractivity contribution in [1.29, 1.82) is 5.26 Å². The molecule has 25 heavy (non-hydrogen) atoms. The highest BCUT2D eigenvalue weighted by Gasteiger charge is 2.36. The number of para-hydroxylation sites is 2. The highest BCUT2D eigenvalue weighted by atomic mass is 16.5. The number of rotatable bonds is 4. The van der Waals surface area contributed by atoms with Gasteiger partial charge in [-0.2, -0.15) is 10.4 Å². The Labute approximate surface area is 146 Å². The van der Waals surface area contributed by atoms with Crippen molar-refractivity contribution in [3.63, 3.8) is 0 Å². The van der Waals surface area contributed by atoms with Crippen molar-refractivity contribution in [2.45, 2.75) is 26.4 Å². The smallest absolute Gasteiger partial charge is 0.230 e. The minimum atomic E-state index is -0.183. The lowest BCUT2D eigenvalue weighted by Crippen LogP contribution is -2.33. The van der Waals surface area contributed by atoms with E-state index in [4.69, 9.17) is 15.7 Å². The van der Waals surface area contributed by atoms with E-state index in [2.05, 4.69) is 24.3 Å². The first-order chi connectivity index (χ1) is 12.0. The average molecular weight is 339 g/mol. The number of nitriles is 1. The van der Waals surface area contributed by atoms with Gasteiger partial charge in [0.2, 0.25) is 5.91 Å². The second-order valence-corrected chi connectivity index (χ2v) is 6.45. The fourth-order valence-corrected chi connectivity index (χ4v) is 3.17. The summed E-state index contributed by atoms with van der Waals surface area (Å²) in [6, 6.07) is 9.24. The first-order valence-electron chi connectivity index (χ1n) is 8.28. The van der Waals surface area contributed by atoms with Crippen molar-refractivity contribution < 1.29 is 9.53 Å². The summed E-state index contributed by atoms with van der Waals surface area (Å²) in [6.07, 6.45) is 2.04. The number of benzene rings is 1. The summed E-state index contributed by atoms with van der Waals surface area (Å²) in [5.74, 6) is 0.259. The Morgan fingerprint density at radius 1 is 1.48 bits per heavy atom. The van der Waals surface area contributed by atoms with Gasteiger partial charge >= 0.3 is 0 Å². The van der Waals surface area contributed by atoms with Crippen molar-refractivity contribution in [1.82, 2.24) is 9.78 Å². The van der Waals surface area contributed by atoms with Crippen LogP contribution in [0.3, 0.4) is 0 Å². The van der Waals surface area contributed by atoms with E-state index in [1.165, 1.54) is 10.9 Å². The summed E-state index contributed by atoms with van der Waals surface area (Å²) in [6.45, 7) is 4.70. The number of amides is 1. The average Bonchev–Trinajstić information content (AvgIpc) is 3.22. The third-order valence-electron chi connectivity index (χ3n) is 4.45. The van der Waals surface area contributed by atoms with Gasteiger partial charge in [-0.3, -0.25) is 4.79 Å². The van der Waals surface area contributed by atoms with Gasteiger partial charge in [0, 0.05) is 6.61 Å². The molecule has 130 valence electrons. The van der Waals surface area contributed by atoms with Crippen LogP contribution in [-0.4, -0.2) is 28.4 Å². The molecule has 1 aliphatic heterocycles. The van der Waals surface area contributed by atoms with Crippen molar-refractivity contribution >= 4 is 17.4 Å². The molecule has 2 atom stereocenters. The maximum atomic E-state index is 12.8. The van der Waals surface area contributed by atoms with Gasteiger partial charge < -0.3 is 15.8 Å². The van der Waals surface area contributed by atoms with E-state index in [9.17, 15) is 4.79 Å². The van der Waals surface area contributed by atoms with Crippen molar-refractivity contribution in [2.24, 2.45) is 11.8 Å². The zero-order chi connectivity index (χ0) is 18.0. The van der Waals surface area contributed by atoms with Crippen molar-refractivity contribution in [3.8, 4) is 11.8 Å². The predicted octanol–water partition coefficient (Wildman–Crippen LogP) is 2.33. The molecule has 1 aromatic carbocycles. The van der Waals surface area contributed by atoms with Crippen LogP contribution in [0.5, 0.6) is 0 Å². The molecule has 0 radical (unpaired) electrons. The standard InChI is InChI=1S/C18H21N5O2/c1-11(2)16-13(7-8-25-16)18(24)22-14-5-3-4-6-15(14)23-17(20)12(9-19)10-21-23/h3-6,10-11,13,16H,7-8,20H2,1-2H3,(H,22,24). The lowest BCUT2D eigenvalue weighted by atomic mass is 9.92. The predicted molar refractivity (Wildman–Crippen MR) is 94.0 cm³/mol. The molecule has 1 fully saturated rings. The molecule has 0 bridgehead atoms. The van der Waals surface area contributed by atoms with Crippen molar-refractivity contribution in [2.75, 3.05) is 17.7 Å². The summed E-state index contributed by atoms with van der Waals surface area (Å²) in [4.78, 5) is 12.8. The van der Waals surface area contributed by atoms with Crippen LogP contribution in [0.15, 0.2) is 30.5 Å². The Balaban J connectivity index is 1.88. The molecule has 0 saturated carbocycles. The minimum absolute atomic E-state index is 0.0742. The summed E-state index contributed by atoms with van der Waals surface area (Å²) in [5, 5.41) is 16.2. The van der Waals surface area contributed by atoms with Crippen LogP contribution in [0.2, 0.25) is 0 Å². The number of aromatic nitrogens is 2. The largest absolute Gasteiger partial charge is 0.382 e. The van der Waals surface area contributed by atoms with E-state index in [0.29, 0.717) is 30.0 Å². The van der Waals surface area contributed by atoms with Gasteiger partial charge in [-0.25, -0.2) is 4.68 Å². The molecule has 2 aromatic rings. The molecule has 3 N–H and O–H groups in total. The zero-order valence-electron chi connectivity index (χ0n) is 14.3. The van der Waals surface area contributed by atoms with Crippen LogP contribution in [0.25, 0.3) is 5.69 Å². The number of anilines is 2.